The van der Waals surface area contributed by atoms with Gasteiger partial charge < -0.3 is 19.6 Å². The lowest BCUT2D eigenvalue weighted by molar-refractivity contribution is 0.511. The topological polar surface area (TPSA) is 80.3 Å². The standard InChI is InChI=1S/C20H26N6O.HI/c1-2-19-25-24-16-26(19)13-12-22-20(23-15-18-9-6-14-27-18)21-11-10-17-7-4-3-5-8-17;/h3-9,14,16H,2,10-13,15H2,1H3,(H2,21,22,23);1H. The molecule has 0 aliphatic heterocycles. The number of hydrogen-bond acceptors (Lipinski definition) is 4. The minimum atomic E-state index is 0. The Bertz CT molecular complexity index is 816. The maximum Gasteiger partial charge on any atom is 0.191 e. The summed E-state index contributed by atoms with van der Waals surface area (Å²) in [6, 6.07) is 14.2. The molecule has 0 unspecified atom stereocenters. The van der Waals surface area contributed by atoms with Crippen molar-refractivity contribution < 1.29 is 4.42 Å². The minimum absolute atomic E-state index is 0. The van der Waals surface area contributed by atoms with Crippen molar-refractivity contribution in [3.8, 4) is 0 Å². The lowest BCUT2D eigenvalue weighted by atomic mass is 10.1. The Morgan fingerprint density at radius 3 is 2.68 bits per heavy atom. The maximum absolute atomic E-state index is 5.37. The molecule has 0 saturated carbocycles. The zero-order valence-corrected chi connectivity index (χ0v) is 18.4. The van der Waals surface area contributed by atoms with Crippen molar-refractivity contribution in [1.82, 2.24) is 25.4 Å². The van der Waals surface area contributed by atoms with Crippen LogP contribution in [0.25, 0.3) is 0 Å². The van der Waals surface area contributed by atoms with Crippen molar-refractivity contribution in [2.24, 2.45) is 4.99 Å². The SMILES string of the molecule is CCc1nncn1CCNC(=NCc1ccco1)NCCc1ccccc1.I. The summed E-state index contributed by atoms with van der Waals surface area (Å²) in [7, 11) is 0. The van der Waals surface area contributed by atoms with E-state index in [0.717, 1.165) is 50.0 Å². The Balaban J connectivity index is 0.00000280. The molecule has 0 radical (unpaired) electrons. The van der Waals surface area contributed by atoms with Crippen molar-refractivity contribution in [3.63, 3.8) is 0 Å². The molecule has 8 heteroatoms. The number of aliphatic imine (C=N–C) groups is 1. The molecule has 0 spiro atoms. The van der Waals surface area contributed by atoms with E-state index in [4.69, 9.17) is 4.42 Å². The van der Waals surface area contributed by atoms with Crippen molar-refractivity contribution in [2.75, 3.05) is 13.1 Å². The highest BCUT2D eigenvalue weighted by Crippen LogP contribution is 2.02. The van der Waals surface area contributed by atoms with Crippen molar-refractivity contribution in [2.45, 2.75) is 32.9 Å². The summed E-state index contributed by atoms with van der Waals surface area (Å²) < 4.78 is 7.42. The molecule has 0 bridgehead atoms. The molecule has 0 aliphatic carbocycles. The number of halogens is 1. The summed E-state index contributed by atoms with van der Waals surface area (Å²) in [5, 5.41) is 14.9. The second kappa shape index (κ2) is 12.2. The van der Waals surface area contributed by atoms with Crippen LogP contribution in [0.2, 0.25) is 0 Å². The van der Waals surface area contributed by atoms with Crippen molar-refractivity contribution in [1.29, 1.82) is 0 Å². The number of furan rings is 1. The summed E-state index contributed by atoms with van der Waals surface area (Å²) in [5.41, 5.74) is 1.30. The van der Waals surface area contributed by atoms with Gasteiger partial charge >= 0.3 is 0 Å². The Labute approximate surface area is 182 Å². The van der Waals surface area contributed by atoms with E-state index in [0.29, 0.717) is 6.54 Å². The molecule has 2 heterocycles. The number of aryl methyl sites for hydroxylation is 1. The Hall–Kier alpha value is -2.36. The van der Waals surface area contributed by atoms with Gasteiger partial charge in [-0.2, -0.15) is 0 Å². The van der Waals surface area contributed by atoms with Crippen LogP contribution in [0, 0.1) is 0 Å². The highest BCUT2D eigenvalue weighted by atomic mass is 127. The van der Waals surface area contributed by atoms with Gasteiger partial charge in [-0.15, -0.1) is 34.2 Å². The molecule has 1 aromatic carbocycles. The van der Waals surface area contributed by atoms with E-state index in [-0.39, 0.29) is 24.0 Å². The van der Waals surface area contributed by atoms with Gasteiger partial charge in [-0.25, -0.2) is 4.99 Å². The van der Waals surface area contributed by atoms with E-state index in [1.165, 1.54) is 5.56 Å². The zero-order valence-electron chi connectivity index (χ0n) is 16.0. The summed E-state index contributed by atoms with van der Waals surface area (Å²) in [6.45, 7) is 4.91. The fourth-order valence-corrected chi connectivity index (χ4v) is 2.74. The van der Waals surface area contributed by atoms with Gasteiger partial charge in [-0.1, -0.05) is 37.3 Å². The normalized spacial score (nSPS) is 11.1. The molecular weight excluding hydrogens is 467 g/mol. The van der Waals surface area contributed by atoms with Crippen LogP contribution in [0.1, 0.15) is 24.1 Å². The average Bonchev–Trinajstić information content (AvgIpc) is 3.38. The van der Waals surface area contributed by atoms with Crippen LogP contribution >= 0.6 is 24.0 Å². The second-order valence-electron chi connectivity index (χ2n) is 6.13. The second-order valence-corrected chi connectivity index (χ2v) is 6.13. The van der Waals surface area contributed by atoms with E-state index >= 15 is 0 Å². The van der Waals surface area contributed by atoms with Gasteiger partial charge in [0.25, 0.3) is 0 Å². The molecule has 150 valence electrons. The van der Waals surface area contributed by atoms with Crippen LogP contribution in [0.4, 0.5) is 0 Å². The lowest BCUT2D eigenvalue weighted by Gasteiger charge is -2.13. The molecule has 0 amide bonds. The molecule has 2 N–H and O–H groups in total. The third-order valence-electron chi connectivity index (χ3n) is 4.18. The quantitative estimate of drug-likeness (QED) is 0.272. The number of rotatable bonds is 9. The molecule has 3 aromatic rings. The molecule has 2 aromatic heterocycles. The van der Waals surface area contributed by atoms with Gasteiger partial charge in [0.05, 0.1) is 6.26 Å². The van der Waals surface area contributed by atoms with Crippen LogP contribution in [-0.4, -0.2) is 33.8 Å². The van der Waals surface area contributed by atoms with Crippen molar-refractivity contribution in [3.05, 3.63) is 72.2 Å². The number of guanidine groups is 1. The van der Waals surface area contributed by atoms with Crippen LogP contribution in [0.3, 0.4) is 0 Å². The van der Waals surface area contributed by atoms with Crippen molar-refractivity contribution >= 4 is 29.9 Å². The van der Waals surface area contributed by atoms with E-state index in [1.807, 2.05) is 18.2 Å². The number of benzene rings is 1. The Morgan fingerprint density at radius 1 is 1.11 bits per heavy atom. The summed E-state index contributed by atoms with van der Waals surface area (Å²) in [4.78, 5) is 4.62. The van der Waals surface area contributed by atoms with Crippen LogP contribution in [0.15, 0.2) is 64.5 Å². The smallest absolute Gasteiger partial charge is 0.191 e. The predicted octanol–water partition coefficient (Wildman–Crippen LogP) is 3.03. The first-order chi connectivity index (χ1) is 13.3. The van der Waals surface area contributed by atoms with Gasteiger partial charge in [0.15, 0.2) is 5.96 Å². The summed E-state index contributed by atoms with van der Waals surface area (Å²) in [5.74, 6) is 2.60. The number of nitrogens with one attached hydrogen (secondary N) is 2. The number of aromatic nitrogens is 3. The zero-order chi connectivity index (χ0) is 18.7. The fraction of sp³-hybridized carbons (Fsp3) is 0.350. The Morgan fingerprint density at radius 2 is 1.93 bits per heavy atom. The predicted molar refractivity (Wildman–Crippen MR) is 121 cm³/mol. The summed E-state index contributed by atoms with van der Waals surface area (Å²) >= 11 is 0. The highest BCUT2D eigenvalue weighted by Gasteiger charge is 2.03. The summed E-state index contributed by atoms with van der Waals surface area (Å²) in [6.07, 6.45) is 5.24. The molecule has 3 rings (SSSR count). The molecule has 0 atom stereocenters. The van der Waals surface area contributed by atoms with Gasteiger partial charge in [-0.05, 0) is 24.1 Å². The lowest BCUT2D eigenvalue weighted by Crippen LogP contribution is -2.40. The number of nitrogens with zero attached hydrogens (tertiary/aromatic N) is 4. The highest BCUT2D eigenvalue weighted by molar-refractivity contribution is 14.0. The van der Waals surface area contributed by atoms with Gasteiger partial charge in [0.2, 0.25) is 0 Å². The van der Waals surface area contributed by atoms with Gasteiger partial charge in [-0.3, -0.25) is 0 Å². The minimum Gasteiger partial charge on any atom is -0.467 e. The first-order valence-electron chi connectivity index (χ1n) is 9.30. The van der Waals surface area contributed by atoms with Gasteiger partial charge in [0, 0.05) is 26.1 Å². The van der Waals surface area contributed by atoms with Crippen LogP contribution in [0.5, 0.6) is 0 Å². The third kappa shape index (κ3) is 6.99. The van der Waals surface area contributed by atoms with Gasteiger partial charge in [0.1, 0.15) is 24.5 Å². The van der Waals surface area contributed by atoms with Crippen LogP contribution < -0.4 is 10.6 Å². The molecule has 0 aliphatic rings. The van der Waals surface area contributed by atoms with E-state index in [9.17, 15) is 0 Å². The first kappa shape index (κ1) is 21.9. The third-order valence-corrected chi connectivity index (χ3v) is 4.18. The molecule has 0 fully saturated rings. The molecule has 7 nitrogen and oxygen atoms in total. The largest absolute Gasteiger partial charge is 0.467 e. The molecule has 28 heavy (non-hydrogen) atoms. The average molecular weight is 494 g/mol. The van der Waals surface area contributed by atoms with E-state index in [1.54, 1.807) is 12.6 Å². The van der Waals surface area contributed by atoms with Crippen LogP contribution in [-0.2, 0) is 25.9 Å². The molecule has 0 saturated heterocycles. The molecular formula is C20H27IN6O. The monoisotopic (exact) mass is 494 g/mol. The maximum atomic E-state index is 5.37. The van der Waals surface area contributed by atoms with E-state index in [2.05, 4.69) is 61.6 Å². The number of hydrogen-bond donors (Lipinski definition) is 2. The Kier molecular flexibility index (Phi) is 9.53. The van der Waals surface area contributed by atoms with E-state index < -0.39 is 0 Å². The fourth-order valence-electron chi connectivity index (χ4n) is 2.74. The first-order valence-corrected chi connectivity index (χ1v) is 9.30.